The van der Waals surface area contributed by atoms with E-state index in [0.29, 0.717) is 12.1 Å². The number of ketones is 1. The second kappa shape index (κ2) is 5.01. The molecule has 0 atom stereocenters. The van der Waals surface area contributed by atoms with Gasteiger partial charge in [-0.1, -0.05) is 32.9 Å². The molecule has 0 bridgehead atoms. The van der Waals surface area contributed by atoms with Crippen molar-refractivity contribution in [3.63, 3.8) is 0 Å². The lowest BCUT2D eigenvalue weighted by Crippen LogP contribution is -2.33. The first-order valence-electron chi connectivity index (χ1n) is 5.60. The van der Waals surface area contributed by atoms with E-state index in [9.17, 15) is 4.79 Å². The average Bonchev–Trinajstić information content (AvgIpc) is 2.27. The molecular formula is C14H18N2O. The molecule has 0 aliphatic rings. The first-order chi connectivity index (χ1) is 7.86. The molecular weight excluding hydrogens is 212 g/mol. The SMILES string of the molecule is CN(CC(=O)C(C)(C)C)c1ccccc1C#N. The third-order valence-electron chi connectivity index (χ3n) is 2.65. The Kier molecular flexibility index (Phi) is 3.90. The Labute approximate surface area is 103 Å². The van der Waals surface area contributed by atoms with Gasteiger partial charge in [0.05, 0.1) is 17.8 Å². The number of para-hydroxylation sites is 1. The lowest BCUT2D eigenvalue weighted by molar-refractivity contribution is -0.124. The van der Waals surface area contributed by atoms with Crippen LogP contribution >= 0.6 is 0 Å². The van der Waals surface area contributed by atoms with Gasteiger partial charge in [0.2, 0.25) is 0 Å². The molecule has 0 aromatic heterocycles. The maximum absolute atomic E-state index is 11.9. The molecule has 1 aromatic carbocycles. The van der Waals surface area contributed by atoms with E-state index in [1.165, 1.54) is 0 Å². The zero-order valence-electron chi connectivity index (χ0n) is 10.8. The van der Waals surface area contributed by atoms with Gasteiger partial charge in [-0.15, -0.1) is 0 Å². The fourth-order valence-corrected chi connectivity index (χ4v) is 1.44. The first-order valence-corrected chi connectivity index (χ1v) is 5.60. The lowest BCUT2D eigenvalue weighted by Gasteiger charge is -2.24. The van der Waals surface area contributed by atoms with Crippen LogP contribution in [0.2, 0.25) is 0 Å². The second-order valence-corrected chi connectivity index (χ2v) is 5.16. The zero-order valence-corrected chi connectivity index (χ0v) is 10.8. The molecule has 3 nitrogen and oxygen atoms in total. The lowest BCUT2D eigenvalue weighted by atomic mass is 9.90. The molecule has 0 aliphatic heterocycles. The summed E-state index contributed by atoms with van der Waals surface area (Å²) in [4.78, 5) is 13.7. The normalized spacial score (nSPS) is 10.8. The smallest absolute Gasteiger partial charge is 0.157 e. The summed E-state index contributed by atoms with van der Waals surface area (Å²) in [5, 5.41) is 9.00. The monoisotopic (exact) mass is 230 g/mol. The van der Waals surface area contributed by atoms with Crippen LogP contribution in [-0.4, -0.2) is 19.4 Å². The van der Waals surface area contributed by atoms with Crippen LogP contribution in [0.4, 0.5) is 5.69 Å². The van der Waals surface area contributed by atoms with E-state index in [2.05, 4.69) is 6.07 Å². The summed E-state index contributed by atoms with van der Waals surface area (Å²) >= 11 is 0. The number of rotatable bonds is 3. The summed E-state index contributed by atoms with van der Waals surface area (Å²) in [7, 11) is 1.83. The van der Waals surface area contributed by atoms with Crippen LogP contribution in [0.3, 0.4) is 0 Å². The highest BCUT2D eigenvalue weighted by molar-refractivity contribution is 5.88. The van der Waals surface area contributed by atoms with E-state index in [0.717, 1.165) is 5.69 Å². The number of hydrogen-bond acceptors (Lipinski definition) is 3. The van der Waals surface area contributed by atoms with Gasteiger partial charge >= 0.3 is 0 Å². The Morgan fingerprint density at radius 2 is 1.94 bits per heavy atom. The van der Waals surface area contributed by atoms with Crippen molar-refractivity contribution in [1.82, 2.24) is 0 Å². The molecule has 0 N–H and O–H groups in total. The largest absolute Gasteiger partial charge is 0.366 e. The summed E-state index contributed by atoms with van der Waals surface area (Å²) in [6, 6.07) is 9.44. The summed E-state index contributed by atoms with van der Waals surface area (Å²) in [6.07, 6.45) is 0. The van der Waals surface area contributed by atoms with E-state index in [-0.39, 0.29) is 11.2 Å². The fraction of sp³-hybridized carbons (Fsp3) is 0.429. The highest BCUT2D eigenvalue weighted by Gasteiger charge is 2.22. The van der Waals surface area contributed by atoms with Gasteiger partial charge in [-0.25, -0.2) is 0 Å². The molecule has 0 spiro atoms. The molecule has 0 heterocycles. The third-order valence-corrected chi connectivity index (χ3v) is 2.65. The van der Waals surface area contributed by atoms with Crippen molar-refractivity contribution in [2.24, 2.45) is 5.41 Å². The van der Waals surface area contributed by atoms with Gasteiger partial charge in [0.1, 0.15) is 6.07 Å². The van der Waals surface area contributed by atoms with Crippen molar-refractivity contribution in [3.05, 3.63) is 29.8 Å². The zero-order chi connectivity index (χ0) is 13.1. The molecule has 1 aromatic rings. The Hall–Kier alpha value is -1.82. The van der Waals surface area contributed by atoms with E-state index < -0.39 is 0 Å². The first kappa shape index (κ1) is 13.2. The number of carbonyl (C=O) groups is 1. The molecule has 1 rings (SSSR count). The molecule has 0 unspecified atom stereocenters. The van der Waals surface area contributed by atoms with Crippen LogP contribution in [0.1, 0.15) is 26.3 Å². The molecule has 0 saturated heterocycles. The maximum atomic E-state index is 11.9. The van der Waals surface area contributed by atoms with Gasteiger partial charge in [0, 0.05) is 12.5 Å². The van der Waals surface area contributed by atoms with E-state index in [1.54, 1.807) is 6.07 Å². The number of nitriles is 1. The van der Waals surface area contributed by atoms with Crippen molar-refractivity contribution in [2.45, 2.75) is 20.8 Å². The predicted molar refractivity (Wildman–Crippen MR) is 68.9 cm³/mol. The van der Waals surface area contributed by atoms with Crippen LogP contribution in [0.5, 0.6) is 0 Å². The van der Waals surface area contributed by atoms with E-state index in [4.69, 9.17) is 5.26 Å². The molecule has 3 heteroatoms. The minimum atomic E-state index is -0.351. The maximum Gasteiger partial charge on any atom is 0.157 e. The van der Waals surface area contributed by atoms with E-state index in [1.807, 2.05) is 50.9 Å². The number of hydrogen-bond donors (Lipinski definition) is 0. The molecule has 0 aliphatic carbocycles. The summed E-state index contributed by atoms with van der Waals surface area (Å²) in [6.45, 7) is 6.03. The van der Waals surface area contributed by atoms with E-state index >= 15 is 0 Å². The molecule has 0 radical (unpaired) electrons. The molecule has 0 fully saturated rings. The quantitative estimate of drug-likeness (QED) is 0.801. The van der Waals surface area contributed by atoms with Crippen LogP contribution in [0.25, 0.3) is 0 Å². The predicted octanol–water partition coefficient (Wildman–Crippen LogP) is 2.61. The van der Waals surface area contributed by atoms with Crippen molar-refractivity contribution < 1.29 is 4.79 Å². The second-order valence-electron chi connectivity index (χ2n) is 5.16. The van der Waals surface area contributed by atoms with Crippen LogP contribution in [0, 0.1) is 16.7 Å². The minimum absolute atomic E-state index is 0.160. The molecule has 0 amide bonds. The Bertz CT molecular complexity index is 452. The minimum Gasteiger partial charge on any atom is -0.366 e. The summed E-state index contributed by atoms with van der Waals surface area (Å²) < 4.78 is 0. The van der Waals surface area contributed by atoms with Gasteiger partial charge in [-0.3, -0.25) is 4.79 Å². The average molecular weight is 230 g/mol. The Morgan fingerprint density at radius 3 is 2.47 bits per heavy atom. The van der Waals surface area contributed by atoms with Gasteiger partial charge in [-0.2, -0.15) is 5.26 Å². The fourth-order valence-electron chi connectivity index (χ4n) is 1.44. The molecule has 0 saturated carbocycles. The highest BCUT2D eigenvalue weighted by atomic mass is 16.1. The number of anilines is 1. The number of likely N-dealkylation sites (N-methyl/N-ethyl adjacent to an activating group) is 1. The summed E-state index contributed by atoms with van der Waals surface area (Å²) in [5.74, 6) is 0.160. The highest BCUT2D eigenvalue weighted by Crippen LogP contribution is 2.21. The topological polar surface area (TPSA) is 44.1 Å². The van der Waals surface area contributed by atoms with Crippen molar-refractivity contribution in [2.75, 3.05) is 18.5 Å². The van der Waals surface area contributed by atoms with Gasteiger partial charge in [0.25, 0.3) is 0 Å². The van der Waals surface area contributed by atoms with Gasteiger partial charge in [-0.05, 0) is 12.1 Å². The van der Waals surface area contributed by atoms with Crippen molar-refractivity contribution in [3.8, 4) is 6.07 Å². The number of benzene rings is 1. The van der Waals surface area contributed by atoms with Gasteiger partial charge in [0.15, 0.2) is 5.78 Å². The van der Waals surface area contributed by atoms with Crippen LogP contribution in [-0.2, 0) is 4.79 Å². The Balaban J connectivity index is 2.88. The van der Waals surface area contributed by atoms with Crippen LogP contribution in [0.15, 0.2) is 24.3 Å². The molecule has 17 heavy (non-hydrogen) atoms. The number of carbonyl (C=O) groups excluding carboxylic acids is 1. The van der Waals surface area contributed by atoms with Gasteiger partial charge < -0.3 is 4.90 Å². The number of nitrogens with zero attached hydrogens (tertiary/aromatic N) is 2. The Morgan fingerprint density at radius 1 is 1.35 bits per heavy atom. The van der Waals surface area contributed by atoms with Crippen molar-refractivity contribution >= 4 is 11.5 Å². The van der Waals surface area contributed by atoms with Crippen LogP contribution < -0.4 is 4.90 Å². The standard InChI is InChI=1S/C14H18N2O/c1-14(2,3)13(17)10-16(4)12-8-6-5-7-11(12)9-15/h5-8H,10H2,1-4H3. The number of Topliss-reactive ketones (excluding diaryl/α,β-unsaturated/α-hetero) is 1. The van der Waals surface area contributed by atoms with Crippen molar-refractivity contribution in [1.29, 1.82) is 5.26 Å². The third kappa shape index (κ3) is 3.32. The molecule has 90 valence electrons. The summed E-state index contributed by atoms with van der Waals surface area (Å²) in [5.41, 5.74) is 1.04.